The van der Waals surface area contributed by atoms with Crippen LogP contribution >= 0.6 is 27.3 Å². The predicted octanol–water partition coefficient (Wildman–Crippen LogP) is 6.89. The molecular formula is C21H13BrF3N3O2S. The van der Waals surface area contributed by atoms with Crippen molar-refractivity contribution in [3.05, 3.63) is 64.8 Å². The maximum absolute atomic E-state index is 12.8. The van der Waals surface area contributed by atoms with E-state index in [2.05, 4.69) is 31.2 Å². The van der Waals surface area contributed by atoms with Gasteiger partial charge in [0.05, 0.1) is 10.3 Å². The Balaban J connectivity index is 1.66. The van der Waals surface area contributed by atoms with E-state index in [1.54, 1.807) is 18.2 Å². The van der Waals surface area contributed by atoms with Crippen LogP contribution < -0.4 is 10.1 Å². The van der Waals surface area contributed by atoms with Crippen LogP contribution in [-0.2, 0) is 11.0 Å². The molecule has 0 fully saturated rings. The van der Waals surface area contributed by atoms with Crippen molar-refractivity contribution in [3.63, 3.8) is 0 Å². The van der Waals surface area contributed by atoms with Crippen LogP contribution in [0.4, 0.5) is 18.3 Å². The summed E-state index contributed by atoms with van der Waals surface area (Å²) in [6.07, 6.45) is -2.88. The summed E-state index contributed by atoms with van der Waals surface area (Å²) in [6, 6.07) is 11.9. The van der Waals surface area contributed by atoms with E-state index in [0.29, 0.717) is 32.0 Å². The molecule has 2 aromatic heterocycles. The highest BCUT2D eigenvalue weighted by atomic mass is 79.9. The first-order valence-corrected chi connectivity index (χ1v) is 10.5. The lowest BCUT2D eigenvalue weighted by atomic mass is 10.0. The molecule has 158 valence electrons. The van der Waals surface area contributed by atoms with Crippen molar-refractivity contribution in [2.45, 2.75) is 13.1 Å². The maximum atomic E-state index is 12.8. The molecule has 0 aliphatic heterocycles. The molecule has 1 N–H and O–H groups in total. The Morgan fingerprint density at radius 1 is 1.16 bits per heavy atom. The molecule has 0 aliphatic rings. The van der Waals surface area contributed by atoms with Gasteiger partial charge in [-0.05, 0) is 45.8 Å². The van der Waals surface area contributed by atoms with Gasteiger partial charge in [0.15, 0.2) is 10.9 Å². The second kappa shape index (κ2) is 8.27. The van der Waals surface area contributed by atoms with E-state index < -0.39 is 11.7 Å². The van der Waals surface area contributed by atoms with Crippen LogP contribution in [0.2, 0.25) is 0 Å². The minimum atomic E-state index is -4.40. The predicted molar refractivity (Wildman–Crippen MR) is 116 cm³/mol. The minimum absolute atomic E-state index is 0.225. The molecular weight excluding hydrogens is 495 g/mol. The SMILES string of the molecule is CC(=O)Nc1nc2c(Oc3cc(-c4ccc(C(F)(F)F)cc4)c(Br)cn3)cccc2s1. The third-order valence-electron chi connectivity index (χ3n) is 4.23. The molecule has 4 aromatic rings. The zero-order valence-electron chi connectivity index (χ0n) is 15.8. The van der Waals surface area contributed by atoms with E-state index in [9.17, 15) is 18.0 Å². The molecule has 2 heterocycles. The summed E-state index contributed by atoms with van der Waals surface area (Å²) < 4.78 is 45.9. The normalized spacial score (nSPS) is 11.5. The van der Waals surface area contributed by atoms with E-state index in [1.807, 2.05) is 6.07 Å². The number of rotatable bonds is 4. The number of thiazole rings is 1. The number of pyridine rings is 1. The molecule has 0 spiro atoms. The zero-order valence-corrected chi connectivity index (χ0v) is 18.2. The average molecular weight is 508 g/mol. The average Bonchev–Trinajstić information content (AvgIpc) is 3.11. The van der Waals surface area contributed by atoms with Gasteiger partial charge in [0, 0.05) is 29.2 Å². The quantitative estimate of drug-likeness (QED) is 0.326. The molecule has 0 bridgehead atoms. The highest BCUT2D eigenvalue weighted by molar-refractivity contribution is 9.10. The molecule has 0 aliphatic carbocycles. The summed E-state index contributed by atoms with van der Waals surface area (Å²) in [5, 5.41) is 3.10. The summed E-state index contributed by atoms with van der Waals surface area (Å²) in [6.45, 7) is 1.40. The fraction of sp³-hybridized carbons (Fsp3) is 0.0952. The zero-order chi connectivity index (χ0) is 22.2. The molecule has 0 saturated heterocycles. The second-order valence-electron chi connectivity index (χ2n) is 6.48. The number of hydrogen-bond acceptors (Lipinski definition) is 5. The second-order valence-corrected chi connectivity index (χ2v) is 8.37. The van der Waals surface area contributed by atoms with Crippen LogP contribution in [0, 0.1) is 0 Å². The lowest BCUT2D eigenvalue weighted by Crippen LogP contribution is -2.04. The van der Waals surface area contributed by atoms with Crippen molar-refractivity contribution < 1.29 is 22.7 Å². The number of halogens is 4. The Morgan fingerprint density at radius 2 is 1.90 bits per heavy atom. The third kappa shape index (κ3) is 4.70. The van der Waals surface area contributed by atoms with Gasteiger partial charge in [-0.1, -0.05) is 29.5 Å². The number of anilines is 1. The number of hydrogen-bond donors (Lipinski definition) is 1. The molecule has 0 atom stereocenters. The Morgan fingerprint density at radius 3 is 2.58 bits per heavy atom. The summed E-state index contributed by atoms with van der Waals surface area (Å²) in [5.74, 6) is 0.468. The van der Waals surface area contributed by atoms with Crippen LogP contribution in [0.3, 0.4) is 0 Å². The molecule has 2 aromatic carbocycles. The highest BCUT2D eigenvalue weighted by Crippen LogP contribution is 2.37. The lowest BCUT2D eigenvalue weighted by Gasteiger charge is -2.11. The van der Waals surface area contributed by atoms with E-state index in [-0.39, 0.29) is 11.8 Å². The Kier molecular flexibility index (Phi) is 5.67. The number of aromatic nitrogens is 2. The number of ether oxygens (including phenoxy) is 1. The number of carbonyl (C=O) groups is 1. The van der Waals surface area contributed by atoms with Crippen LogP contribution in [0.1, 0.15) is 12.5 Å². The Labute approximate surface area is 187 Å². The number of carbonyl (C=O) groups excluding carboxylic acids is 1. The summed E-state index contributed by atoms with van der Waals surface area (Å²) >= 11 is 4.70. The van der Waals surface area contributed by atoms with Crippen LogP contribution in [0.5, 0.6) is 11.6 Å². The number of alkyl halides is 3. The summed E-state index contributed by atoms with van der Waals surface area (Å²) in [5.41, 5.74) is 1.05. The summed E-state index contributed by atoms with van der Waals surface area (Å²) in [4.78, 5) is 19.9. The van der Waals surface area contributed by atoms with E-state index in [0.717, 1.165) is 16.8 Å². The molecule has 10 heteroatoms. The van der Waals surface area contributed by atoms with Crippen molar-refractivity contribution in [1.82, 2.24) is 9.97 Å². The number of nitrogens with one attached hydrogen (secondary N) is 1. The molecule has 0 saturated carbocycles. The van der Waals surface area contributed by atoms with E-state index >= 15 is 0 Å². The number of benzene rings is 2. The van der Waals surface area contributed by atoms with Crippen molar-refractivity contribution in [3.8, 4) is 22.8 Å². The Hall–Kier alpha value is -2.98. The van der Waals surface area contributed by atoms with Gasteiger partial charge in [0.2, 0.25) is 11.8 Å². The monoisotopic (exact) mass is 507 g/mol. The lowest BCUT2D eigenvalue weighted by molar-refractivity contribution is -0.137. The molecule has 0 unspecified atom stereocenters. The van der Waals surface area contributed by atoms with Gasteiger partial charge in [-0.2, -0.15) is 13.2 Å². The minimum Gasteiger partial charge on any atom is -0.437 e. The van der Waals surface area contributed by atoms with Crippen molar-refractivity contribution >= 4 is 48.5 Å². The first kappa shape index (κ1) is 21.3. The molecule has 4 rings (SSSR count). The van der Waals surface area contributed by atoms with Crippen molar-refractivity contribution in [2.75, 3.05) is 5.32 Å². The first-order chi connectivity index (χ1) is 14.7. The van der Waals surface area contributed by atoms with Crippen LogP contribution in [-0.4, -0.2) is 15.9 Å². The fourth-order valence-electron chi connectivity index (χ4n) is 2.86. The summed E-state index contributed by atoms with van der Waals surface area (Å²) in [7, 11) is 0. The highest BCUT2D eigenvalue weighted by Gasteiger charge is 2.30. The van der Waals surface area contributed by atoms with Gasteiger partial charge in [-0.25, -0.2) is 9.97 Å². The topological polar surface area (TPSA) is 64.1 Å². The number of nitrogens with zero attached hydrogens (tertiary/aromatic N) is 2. The van der Waals surface area contributed by atoms with Crippen molar-refractivity contribution in [1.29, 1.82) is 0 Å². The largest absolute Gasteiger partial charge is 0.437 e. The van der Waals surface area contributed by atoms with Crippen LogP contribution in [0.15, 0.2) is 59.2 Å². The first-order valence-electron chi connectivity index (χ1n) is 8.89. The van der Waals surface area contributed by atoms with Gasteiger partial charge in [0.1, 0.15) is 5.52 Å². The van der Waals surface area contributed by atoms with Gasteiger partial charge in [-0.3, -0.25) is 4.79 Å². The molecule has 0 radical (unpaired) electrons. The standard InChI is InChI=1S/C21H13BrF3N3O2S/c1-11(29)27-20-28-19-16(3-2-4-17(19)31-20)30-18-9-14(15(22)10-26-18)12-5-7-13(8-6-12)21(23,24)25/h2-10H,1H3,(H,27,28,29). The van der Waals surface area contributed by atoms with Gasteiger partial charge >= 0.3 is 6.18 Å². The van der Waals surface area contributed by atoms with Gasteiger partial charge in [0.25, 0.3) is 0 Å². The van der Waals surface area contributed by atoms with Gasteiger partial charge in [-0.15, -0.1) is 0 Å². The smallest absolute Gasteiger partial charge is 0.416 e. The third-order valence-corrected chi connectivity index (χ3v) is 5.80. The molecule has 1 amide bonds. The van der Waals surface area contributed by atoms with Crippen molar-refractivity contribution in [2.24, 2.45) is 0 Å². The van der Waals surface area contributed by atoms with Crippen LogP contribution in [0.25, 0.3) is 21.3 Å². The van der Waals surface area contributed by atoms with E-state index in [1.165, 1.54) is 36.6 Å². The number of fused-ring (bicyclic) bond motifs is 1. The van der Waals surface area contributed by atoms with E-state index in [4.69, 9.17) is 4.74 Å². The number of amides is 1. The fourth-order valence-corrected chi connectivity index (χ4v) is 4.23. The molecule has 5 nitrogen and oxygen atoms in total. The molecule has 31 heavy (non-hydrogen) atoms. The maximum Gasteiger partial charge on any atom is 0.416 e. The van der Waals surface area contributed by atoms with Gasteiger partial charge < -0.3 is 10.1 Å². The Bertz CT molecular complexity index is 1270. The number of para-hydroxylation sites is 1.